The van der Waals surface area contributed by atoms with Crippen LogP contribution < -0.4 is 0 Å². The molecular weight excluding hydrogens is 307 g/mol. The first-order valence-corrected chi connectivity index (χ1v) is 9.29. The lowest BCUT2D eigenvalue weighted by Gasteiger charge is -2.40. The molecule has 1 fully saturated rings. The van der Waals surface area contributed by atoms with E-state index in [1.807, 2.05) is 0 Å². The van der Waals surface area contributed by atoms with Gasteiger partial charge >= 0.3 is 10.2 Å². The van der Waals surface area contributed by atoms with Crippen LogP contribution in [0.5, 0.6) is 0 Å². The van der Waals surface area contributed by atoms with Gasteiger partial charge in [-0.2, -0.15) is 0 Å². The minimum Gasteiger partial charge on any atom is -0.0936 e. The van der Waals surface area contributed by atoms with E-state index in [0.29, 0.717) is 18.1 Å². The van der Waals surface area contributed by atoms with Gasteiger partial charge in [0.2, 0.25) is 0 Å². The van der Waals surface area contributed by atoms with Gasteiger partial charge in [-0.15, -0.1) is 0 Å². The summed E-state index contributed by atoms with van der Waals surface area (Å²) in [6, 6.07) is 3.51. The second-order valence-corrected chi connectivity index (χ2v) is 8.45. The molecule has 1 aliphatic rings. The molecule has 2 rings (SSSR count). The van der Waals surface area contributed by atoms with Crippen molar-refractivity contribution < 1.29 is 19.4 Å². The van der Waals surface area contributed by atoms with Gasteiger partial charge in [-0.05, 0) is 55.2 Å². The minimum atomic E-state index is -9.53. The Bertz CT molecular complexity index is 483. The standard InChI is InChI=1S/C15H21F5S/c1-2-3-12-4-6-13(7-5-12)14-8-10-15(11-9-14)21(16,17,18,19)20/h8-13H,2-7H2,1H3/t12-,13-. The molecule has 6 heteroatoms. The maximum absolute atomic E-state index is 12.7. The molecule has 0 bridgehead atoms. The second kappa shape index (κ2) is 4.86. The quantitative estimate of drug-likeness (QED) is 0.504. The van der Waals surface area contributed by atoms with Crippen LogP contribution >= 0.6 is 10.2 Å². The van der Waals surface area contributed by atoms with Crippen LogP contribution in [0.4, 0.5) is 19.4 Å². The average Bonchev–Trinajstić information content (AvgIpc) is 2.38. The molecule has 122 valence electrons. The fourth-order valence-corrected chi connectivity index (χ4v) is 3.84. The van der Waals surface area contributed by atoms with E-state index < -0.39 is 15.1 Å². The van der Waals surface area contributed by atoms with Crippen molar-refractivity contribution in [3.63, 3.8) is 0 Å². The number of rotatable bonds is 4. The third-order valence-corrected chi connectivity index (χ3v) is 5.50. The third-order valence-electron chi connectivity index (χ3n) is 4.34. The molecule has 0 amide bonds. The molecule has 0 nitrogen and oxygen atoms in total. The van der Waals surface area contributed by atoms with Crippen LogP contribution in [0.2, 0.25) is 0 Å². The van der Waals surface area contributed by atoms with Gasteiger partial charge in [-0.3, -0.25) is 0 Å². The molecule has 1 aliphatic carbocycles. The highest BCUT2D eigenvalue weighted by molar-refractivity contribution is 8.45. The predicted molar refractivity (Wildman–Crippen MR) is 77.4 cm³/mol. The minimum absolute atomic E-state index is 0.200. The van der Waals surface area contributed by atoms with Gasteiger partial charge < -0.3 is 0 Å². The molecule has 0 heterocycles. The van der Waals surface area contributed by atoms with E-state index in [9.17, 15) is 19.4 Å². The molecule has 21 heavy (non-hydrogen) atoms. The number of halogens is 5. The van der Waals surface area contributed by atoms with Crippen LogP contribution in [0.15, 0.2) is 29.2 Å². The molecule has 0 N–H and O–H groups in total. The molecule has 0 aliphatic heterocycles. The Hall–Kier alpha value is -0.780. The largest absolute Gasteiger partial charge is 0.310 e. The monoisotopic (exact) mass is 328 g/mol. The Kier molecular flexibility index (Phi) is 3.84. The topological polar surface area (TPSA) is 0 Å². The number of benzene rings is 1. The summed E-state index contributed by atoms with van der Waals surface area (Å²) in [6.45, 7) is 2.14. The zero-order valence-corrected chi connectivity index (χ0v) is 12.8. The SMILES string of the molecule is CCC[C@H]1CC[C@H](c2ccc(S(F)(F)(F)(F)F)cc2)CC1. The number of hydrogen-bond donors (Lipinski definition) is 0. The second-order valence-electron chi connectivity index (χ2n) is 6.04. The van der Waals surface area contributed by atoms with Gasteiger partial charge in [-0.25, -0.2) is 0 Å². The van der Waals surface area contributed by atoms with E-state index >= 15 is 0 Å². The molecule has 0 radical (unpaired) electrons. The van der Waals surface area contributed by atoms with Crippen molar-refractivity contribution in [2.75, 3.05) is 0 Å². The normalized spacial score (nSPS) is 27.0. The van der Waals surface area contributed by atoms with Gasteiger partial charge in [0.15, 0.2) is 0 Å². The molecular formula is C15H21F5S. The maximum Gasteiger partial charge on any atom is 0.310 e. The fraction of sp³-hybridized carbons (Fsp3) is 0.600. The van der Waals surface area contributed by atoms with Crippen LogP contribution in [-0.4, -0.2) is 0 Å². The summed E-state index contributed by atoms with van der Waals surface area (Å²) in [4.78, 5) is -1.79. The summed E-state index contributed by atoms with van der Waals surface area (Å²) in [7, 11) is -9.53. The maximum atomic E-state index is 12.7. The summed E-state index contributed by atoms with van der Waals surface area (Å²) in [6.07, 6.45) is 6.34. The molecule has 0 saturated heterocycles. The summed E-state index contributed by atoms with van der Waals surface area (Å²) in [5.74, 6) is 0.904. The Labute approximate surface area is 122 Å². The Morgan fingerprint density at radius 2 is 1.43 bits per heavy atom. The smallest absolute Gasteiger partial charge is 0.0936 e. The van der Waals surface area contributed by atoms with Gasteiger partial charge in [0.05, 0.1) is 0 Å². The van der Waals surface area contributed by atoms with E-state index in [-0.39, 0.29) is 5.92 Å². The number of hydrogen-bond acceptors (Lipinski definition) is 0. The van der Waals surface area contributed by atoms with Crippen molar-refractivity contribution in [1.82, 2.24) is 0 Å². The highest BCUT2D eigenvalue weighted by Crippen LogP contribution is 3.02. The van der Waals surface area contributed by atoms with Crippen LogP contribution in [0, 0.1) is 5.92 Å². The third kappa shape index (κ3) is 4.34. The zero-order valence-electron chi connectivity index (χ0n) is 12.0. The molecule has 0 unspecified atom stereocenters. The van der Waals surface area contributed by atoms with Crippen molar-refractivity contribution in [2.45, 2.75) is 56.3 Å². The molecule has 1 saturated carbocycles. The highest BCUT2D eigenvalue weighted by Gasteiger charge is 2.65. The van der Waals surface area contributed by atoms with Crippen LogP contribution in [0.1, 0.15) is 56.9 Å². The van der Waals surface area contributed by atoms with Crippen molar-refractivity contribution in [1.29, 1.82) is 0 Å². The van der Waals surface area contributed by atoms with Crippen LogP contribution in [-0.2, 0) is 0 Å². The van der Waals surface area contributed by atoms with Crippen LogP contribution in [0.3, 0.4) is 0 Å². The Morgan fingerprint density at radius 3 is 1.86 bits per heavy atom. The lowest BCUT2D eigenvalue weighted by Crippen LogP contribution is -2.13. The Balaban J connectivity index is 2.08. The summed E-state index contributed by atoms with van der Waals surface area (Å²) >= 11 is 0. The first-order valence-electron chi connectivity index (χ1n) is 7.33. The molecule has 0 aromatic heterocycles. The first kappa shape index (κ1) is 16.6. The van der Waals surface area contributed by atoms with E-state index in [0.717, 1.165) is 37.7 Å². The van der Waals surface area contributed by atoms with Crippen molar-refractivity contribution in [3.8, 4) is 0 Å². The molecule has 1 aromatic carbocycles. The summed E-state index contributed by atoms with van der Waals surface area (Å²) in [5, 5.41) is 0. The zero-order chi connectivity index (χ0) is 15.8. The molecule has 0 spiro atoms. The molecule has 0 atom stereocenters. The van der Waals surface area contributed by atoms with Crippen molar-refractivity contribution in [2.24, 2.45) is 5.92 Å². The van der Waals surface area contributed by atoms with Gasteiger partial charge in [-0.1, -0.05) is 51.3 Å². The summed E-state index contributed by atoms with van der Waals surface area (Å²) in [5.41, 5.74) is 0.746. The fourth-order valence-electron chi connectivity index (χ4n) is 3.19. The van der Waals surface area contributed by atoms with Crippen molar-refractivity contribution in [3.05, 3.63) is 29.8 Å². The van der Waals surface area contributed by atoms with E-state index in [1.54, 1.807) is 0 Å². The first-order chi connectivity index (χ1) is 9.49. The predicted octanol–water partition coefficient (Wildman–Crippen LogP) is 7.42. The van der Waals surface area contributed by atoms with E-state index in [2.05, 4.69) is 6.92 Å². The molecule has 1 aromatic rings. The Morgan fingerprint density at radius 1 is 0.905 bits per heavy atom. The summed E-state index contributed by atoms with van der Waals surface area (Å²) < 4.78 is 63.3. The van der Waals surface area contributed by atoms with Crippen LogP contribution in [0.25, 0.3) is 0 Å². The van der Waals surface area contributed by atoms with E-state index in [1.165, 1.54) is 18.6 Å². The van der Waals surface area contributed by atoms with E-state index in [4.69, 9.17) is 0 Å². The lowest BCUT2D eigenvalue weighted by atomic mass is 9.77. The van der Waals surface area contributed by atoms with Gasteiger partial charge in [0.25, 0.3) is 0 Å². The van der Waals surface area contributed by atoms with Gasteiger partial charge in [0.1, 0.15) is 4.90 Å². The van der Waals surface area contributed by atoms with Crippen molar-refractivity contribution >= 4 is 10.2 Å². The average molecular weight is 328 g/mol. The lowest BCUT2D eigenvalue weighted by molar-refractivity contribution is 0.308. The highest BCUT2D eigenvalue weighted by atomic mass is 32.5. The van der Waals surface area contributed by atoms with Gasteiger partial charge in [0, 0.05) is 0 Å².